The third-order valence-corrected chi connectivity index (χ3v) is 3.42. The van der Waals surface area contributed by atoms with E-state index in [1.165, 1.54) is 18.2 Å². The zero-order valence-electron chi connectivity index (χ0n) is 8.46. The Morgan fingerprint density at radius 1 is 1.25 bits per heavy atom. The summed E-state index contributed by atoms with van der Waals surface area (Å²) in [7, 11) is 0. The number of rotatable bonds is 2. The Hall–Kier alpha value is -1.55. The molecule has 82 valence electrons. The molecule has 0 unspecified atom stereocenters. The fourth-order valence-corrected chi connectivity index (χ4v) is 2.56. The molecule has 0 saturated heterocycles. The Bertz CT molecular complexity index is 526. The van der Waals surface area contributed by atoms with E-state index >= 15 is 0 Å². The summed E-state index contributed by atoms with van der Waals surface area (Å²) in [5, 5.41) is 0. The zero-order chi connectivity index (χ0) is 11.7. The summed E-state index contributed by atoms with van der Waals surface area (Å²) in [6, 6.07) is 5.35. The molecule has 0 saturated carbocycles. The number of carbonyl (C=O) groups excluding carboxylic acids is 1. The van der Waals surface area contributed by atoms with Crippen LogP contribution in [-0.4, -0.2) is 6.29 Å². The van der Waals surface area contributed by atoms with E-state index in [2.05, 4.69) is 0 Å². The lowest BCUT2D eigenvalue weighted by atomic mass is 10.1. The molecular weight excluding hydrogens is 230 g/mol. The highest BCUT2D eigenvalue weighted by molar-refractivity contribution is 7.17. The average molecular weight is 238 g/mol. The molecule has 0 aliphatic carbocycles. The van der Waals surface area contributed by atoms with E-state index in [-0.39, 0.29) is 5.56 Å². The van der Waals surface area contributed by atoms with Gasteiger partial charge in [0.15, 0.2) is 6.29 Å². The van der Waals surface area contributed by atoms with Gasteiger partial charge in [-0.2, -0.15) is 0 Å². The summed E-state index contributed by atoms with van der Waals surface area (Å²) in [6.45, 7) is 1.73. The highest BCUT2D eigenvalue weighted by Crippen LogP contribution is 2.34. The lowest BCUT2D eigenvalue weighted by molar-refractivity contribution is 0.112. The van der Waals surface area contributed by atoms with Crippen LogP contribution in [0.15, 0.2) is 24.3 Å². The van der Waals surface area contributed by atoms with Crippen LogP contribution in [0.1, 0.15) is 15.2 Å². The van der Waals surface area contributed by atoms with Crippen molar-refractivity contribution in [1.82, 2.24) is 0 Å². The van der Waals surface area contributed by atoms with Crippen LogP contribution in [0.4, 0.5) is 8.78 Å². The minimum Gasteiger partial charge on any atom is -0.297 e. The van der Waals surface area contributed by atoms with Crippen molar-refractivity contribution in [2.24, 2.45) is 0 Å². The lowest BCUT2D eigenvalue weighted by Crippen LogP contribution is -1.88. The van der Waals surface area contributed by atoms with Gasteiger partial charge in [0.05, 0.1) is 10.4 Å². The van der Waals surface area contributed by atoms with Crippen LogP contribution in [0.3, 0.4) is 0 Å². The van der Waals surface area contributed by atoms with Crippen molar-refractivity contribution < 1.29 is 13.6 Å². The molecule has 0 amide bonds. The third-order valence-electron chi connectivity index (χ3n) is 2.24. The number of thiophene rings is 1. The van der Waals surface area contributed by atoms with Gasteiger partial charge in [-0.25, -0.2) is 8.78 Å². The van der Waals surface area contributed by atoms with Crippen molar-refractivity contribution in [2.45, 2.75) is 6.92 Å². The molecule has 1 nitrogen and oxygen atoms in total. The second-order valence-electron chi connectivity index (χ2n) is 3.38. The number of carbonyl (C=O) groups is 1. The van der Waals surface area contributed by atoms with Crippen molar-refractivity contribution in [3.8, 4) is 10.4 Å². The van der Waals surface area contributed by atoms with Gasteiger partial charge in [-0.3, -0.25) is 4.79 Å². The molecule has 0 bridgehead atoms. The minimum absolute atomic E-state index is 0.0573. The van der Waals surface area contributed by atoms with Gasteiger partial charge in [-0.15, -0.1) is 11.3 Å². The van der Waals surface area contributed by atoms with Gasteiger partial charge in [0.2, 0.25) is 0 Å². The van der Waals surface area contributed by atoms with Gasteiger partial charge < -0.3 is 0 Å². The summed E-state index contributed by atoms with van der Waals surface area (Å²) >= 11 is 1.09. The summed E-state index contributed by atoms with van der Waals surface area (Å²) in [5.41, 5.74) is 0.647. The molecule has 2 rings (SSSR count). The Morgan fingerprint density at radius 2 is 1.88 bits per heavy atom. The Balaban J connectivity index is 2.66. The van der Waals surface area contributed by atoms with Crippen LogP contribution >= 0.6 is 11.3 Å². The van der Waals surface area contributed by atoms with Crippen LogP contribution in [0, 0.1) is 18.6 Å². The van der Waals surface area contributed by atoms with Crippen LogP contribution in [0.5, 0.6) is 0 Å². The molecule has 0 N–H and O–H groups in total. The van der Waals surface area contributed by atoms with E-state index in [4.69, 9.17) is 0 Å². The van der Waals surface area contributed by atoms with E-state index in [9.17, 15) is 13.6 Å². The van der Waals surface area contributed by atoms with Gasteiger partial charge in [0.1, 0.15) is 11.6 Å². The molecule has 16 heavy (non-hydrogen) atoms. The molecule has 1 aromatic heterocycles. The van der Waals surface area contributed by atoms with E-state index in [1.54, 1.807) is 13.0 Å². The van der Waals surface area contributed by atoms with Crippen LogP contribution in [-0.2, 0) is 0 Å². The summed E-state index contributed by atoms with van der Waals surface area (Å²) in [5.74, 6) is -1.22. The van der Waals surface area contributed by atoms with Crippen LogP contribution in [0.25, 0.3) is 10.4 Å². The second-order valence-corrected chi connectivity index (χ2v) is 4.46. The number of hydrogen-bond acceptors (Lipinski definition) is 2. The Labute approximate surface area is 95.4 Å². The quantitative estimate of drug-likeness (QED) is 0.727. The van der Waals surface area contributed by atoms with Gasteiger partial charge in [0.25, 0.3) is 0 Å². The molecule has 0 aliphatic heterocycles. The number of aldehydes is 1. The van der Waals surface area contributed by atoms with Crippen molar-refractivity contribution in [2.75, 3.05) is 0 Å². The fraction of sp³-hybridized carbons (Fsp3) is 0.0833. The van der Waals surface area contributed by atoms with E-state index in [1.807, 2.05) is 0 Å². The maximum atomic E-state index is 13.5. The SMILES string of the molecule is Cc1cc(C=O)sc1-c1c(F)cccc1F. The van der Waals surface area contributed by atoms with Crippen molar-refractivity contribution >= 4 is 17.6 Å². The molecule has 2 aromatic rings. The molecule has 0 atom stereocenters. The minimum atomic E-state index is -0.609. The first-order chi connectivity index (χ1) is 7.63. The molecule has 0 fully saturated rings. The Kier molecular flexibility index (Phi) is 2.83. The first-order valence-corrected chi connectivity index (χ1v) is 5.45. The summed E-state index contributed by atoms with van der Waals surface area (Å²) in [6.07, 6.45) is 0.680. The monoisotopic (exact) mass is 238 g/mol. The first kappa shape index (κ1) is 11.0. The molecule has 4 heteroatoms. The van der Waals surface area contributed by atoms with Gasteiger partial charge in [0, 0.05) is 4.88 Å². The maximum Gasteiger partial charge on any atom is 0.160 e. The highest BCUT2D eigenvalue weighted by atomic mass is 32.1. The smallest absolute Gasteiger partial charge is 0.160 e. The number of halogens is 2. The van der Waals surface area contributed by atoms with Crippen LogP contribution in [0.2, 0.25) is 0 Å². The average Bonchev–Trinajstić information content (AvgIpc) is 2.60. The fourth-order valence-electron chi connectivity index (χ4n) is 1.53. The predicted octanol–water partition coefficient (Wildman–Crippen LogP) is 3.81. The van der Waals surface area contributed by atoms with Gasteiger partial charge in [-0.1, -0.05) is 6.07 Å². The first-order valence-electron chi connectivity index (χ1n) is 4.63. The molecule has 1 heterocycles. The topological polar surface area (TPSA) is 17.1 Å². The summed E-state index contributed by atoms with van der Waals surface area (Å²) < 4.78 is 27.0. The highest BCUT2D eigenvalue weighted by Gasteiger charge is 2.15. The third kappa shape index (κ3) is 1.76. The van der Waals surface area contributed by atoms with Gasteiger partial charge >= 0.3 is 0 Å². The number of hydrogen-bond donors (Lipinski definition) is 0. The van der Waals surface area contributed by atoms with E-state index < -0.39 is 11.6 Å². The van der Waals surface area contributed by atoms with Gasteiger partial charge in [-0.05, 0) is 30.7 Å². The largest absolute Gasteiger partial charge is 0.297 e. The predicted molar refractivity (Wildman–Crippen MR) is 59.8 cm³/mol. The van der Waals surface area contributed by atoms with Crippen molar-refractivity contribution in [3.05, 3.63) is 46.3 Å². The van der Waals surface area contributed by atoms with Crippen molar-refractivity contribution in [1.29, 1.82) is 0 Å². The molecule has 0 aliphatic rings. The number of benzene rings is 1. The summed E-state index contributed by atoms with van der Waals surface area (Å²) in [4.78, 5) is 11.5. The molecule has 0 spiro atoms. The van der Waals surface area contributed by atoms with E-state index in [0.717, 1.165) is 11.3 Å². The zero-order valence-corrected chi connectivity index (χ0v) is 9.28. The standard InChI is InChI=1S/C12H8F2OS/c1-7-5-8(6-15)16-12(7)11-9(13)3-2-4-10(11)14/h2-6H,1H3. The van der Waals surface area contributed by atoms with Crippen molar-refractivity contribution in [3.63, 3.8) is 0 Å². The number of aryl methyl sites for hydroxylation is 1. The maximum absolute atomic E-state index is 13.5. The molecule has 0 radical (unpaired) electrons. The Morgan fingerprint density at radius 3 is 2.38 bits per heavy atom. The normalized spacial score (nSPS) is 10.4. The van der Waals surface area contributed by atoms with Crippen LogP contribution < -0.4 is 0 Å². The second kappa shape index (κ2) is 4.14. The molecular formula is C12H8F2OS. The molecule has 1 aromatic carbocycles. The lowest BCUT2D eigenvalue weighted by Gasteiger charge is -2.03. The van der Waals surface area contributed by atoms with E-state index in [0.29, 0.717) is 21.6 Å².